The van der Waals surface area contributed by atoms with Gasteiger partial charge in [0.15, 0.2) is 0 Å². The molecule has 0 bridgehead atoms. The Morgan fingerprint density at radius 3 is 1.28 bits per heavy atom. The van der Waals surface area contributed by atoms with Crippen LogP contribution in [0, 0.1) is 6.08 Å². The third-order valence-corrected chi connectivity index (χ3v) is 12.3. The SMILES string of the molecule is CC(C)(C)c1ccc2c(c1)[cH-]c1cc(C(C)(C)C)ccc12.[C-]1=CC(c2ccccc2)=C(c2ccccc2)C1c1ccccc1.[Cl-].[Cl-].[Zr+2]=[C](c1ccccc1)c1ccccc1. The summed E-state index contributed by atoms with van der Waals surface area (Å²) in [6, 6.07) is 69.1. The van der Waals surface area contributed by atoms with Gasteiger partial charge in [0.05, 0.1) is 0 Å². The molecule has 0 aliphatic heterocycles. The second-order valence-corrected chi connectivity index (χ2v) is 18.3. The van der Waals surface area contributed by atoms with Crippen LogP contribution in [0.2, 0.25) is 0 Å². The van der Waals surface area contributed by atoms with Crippen molar-refractivity contribution in [3.63, 3.8) is 0 Å². The molecule has 0 N–H and O–H groups in total. The van der Waals surface area contributed by atoms with E-state index in [0.29, 0.717) is 0 Å². The molecule has 60 heavy (non-hydrogen) atoms. The van der Waals surface area contributed by atoms with Crippen molar-refractivity contribution in [1.82, 2.24) is 0 Å². The standard InChI is InChI=1S/C23H17.C21H25.C13H10.2ClH.Zr/c1-4-10-18(11-5-1)21-16-17-22(19-12-6-2-7-13-19)23(21)20-14-8-3-9-15-20;1-20(2,3)16-7-9-18-14(12-16)11-15-13-17(21(4,5)6)8-10-19(15)18;1-3-7-12(8-4-1)11-13-9-5-2-6-10-13;;;/h1-16,22H;7-13H,1-6H3;1-10H;2*1H;/q2*-1;;;;+2/p-2. The average molecular weight is 899 g/mol. The molecular formula is C57H52Cl2Zr-2. The molecule has 3 heteroatoms. The molecule has 1 aliphatic rings. The Balaban J connectivity index is 0.000000173. The minimum absolute atomic E-state index is 0. The second-order valence-electron chi connectivity index (χ2n) is 17.1. The fourth-order valence-electron chi connectivity index (χ4n) is 7.52. The van der Waals surface area contributed by atoms with E-state index in [9.17, 15) is 0 Å². The van der Waals surface area contributed by atoms with Crippen molar-refractivity contribution in [1.29, 1.82) is 0 Å². The van der Waals surface area contributed by atoms with Gasteiger partial charge in [0, 0.05) is 0 Å². The maximum atomic E-state index is 3.57. The Hall–Kier alpha value is -4.78. The van der Waals surface area contributed by atoms with E-state index in [-0.39, 0.29) is 41.6 Å². The van der Waals surface area contributed by atoms with Gasteiger partial charge in [0.1, 0.15) is 0 Å². The van der Waals surface area contributed by atoms with E-state index >= 15 is 0 Å². The first-order valence-corrected chi connectivity index (χ1v) is 21.5. The summed E-state index contributed by atoms with van der Waals surface area (Å²) in [5.41, 5.74) is 12.3. The maximum absolute atomic E-state index is 3.57. The van der Waals surface area contributed by atoms with Gasteiger partial charge < -0.3 is 24.8 Å². The fraction of sp³-hybridized carbons (Fsp3) is 0.158. The van der Waals surface area contributed by atoms with Gasteiger partial charge in [-0.1, -0.05) is 179 Å². The summed E-state index contributed by atoms with van der Waals surface area (Å²) < 4.78 is 1.42. The summed E-state index contributed by atoms with van der Waals surface area (Å²) in [6.07, 6.45) is 5.72. The van der Waals surface area contributed by atoms with E-state index < -0.39 is 0 Å². The Kier molecular flexibility index (Phi) is 15.9. The summed E-state index contributed by atoms with van der Waals surface area (Å²) in [4.78, 5) is 0. The van der Waals surface area contributed by atoms with Crippen molar-refractivity contribution in [2.24, 2.45) is 0 Å². The Bertz CT molecular complexity index is 2550. The summed E-state index contributed by atoms with van der Waals surface area (Å²) in [6.45, 7) is 13.6. The first kappa shape index (κ1) is 46.3. The zero-order chi connectivity index (χ0) is 40.7. The topological polar surface area (TPSA) is 0 Å². The number of rotatable bonds is 5. The summed E-state index contributed by atoms with van der Waals surface area (Å²) in [7, 11) is 0. The van der Waals surface area contributed by atoms with Crippen molar-refractivity contribution < 1.29 is 49.0 Å². The number of allylic oxidation sites excluding steroid dienone is 4. The molecule has 0 nitrogen and oxygen atoms in total. The molecule has 8 aromatic carbocycles. The molecule has 1 aliphatic carbocycles. The molecule has 0 saturated heterocycles. The summed E-state index contributed by atoms with van der Waals surface area (Å²) in [5.74, 6) is 0.189. The second kappa shape index (κ2) is 20.7. The number of hydrogen-bond donors (Lipinski definition) is 0. The van der Waals surface area contributed by atoms with E-state index in [1.807, 2.05) is 0 Å². The quantitative estimate of drug-likeness (QED) is 0.152. The molecule has 0 spiro atoms. The van der Waals surface area contributed by atoms with Gasteiger partial charge in [-0.2, -0.15) is 5.57 Å². The minimum atomic E-state index is 0. The Labute approximate surface area is 385 Å². The van der Waals surface area contributed by atoms with Crippen molar-refractivity contribution in [2.75, 3.05) is 0 Å². The molecule has 9 rings (SSSR count). The summed E-state index contributed by atoms with van der Waals surface area (Å²) in [5, 5.41) is 5.48. The number of hydrogen-bond acceptors (Lipinski definition) is 0. The van der Waals surface area contributed by atoms with Crippen LogP contribution in [0.4, 0.5) is 0 Å². The molecule has 0 amide bonds. The number of fused-ring (bicyclic) bond motifs is 3. The van der Waals surface area contributed by atoms with Crippen molar-refractivity contribution in [3.05, 3.63) is 245 Å². The van der Waals surface area contributed by atoms with Crippen LogP contribution in [0.25, 0.3) is 32.7 Å². The molecule has 0 heterocycles. The van der Waals surface area contributed by atoms with Crippen LogP contribution >= 0.6 is 0 Å². The van der Waals surface area contributed by atoms with Gasteiger partial charge >= 0.3 is 99.2 Å². The van der Waals surface area contributed by atoms with Gasteiger partial charge in [-0.15, -0.1) is 50.9 Å². The van der Waals surface area contributed by atoms with Crippen LogP contribution in [-0.4, -0.2) is 3.21 Å². The van der Waals surface area contributed by atoms with E-state index in [0.717, 1.165) is 0 Å². The molecule has 300 valence electrons. The van der Waals surface area contributed by atoms with E-state index in [1.54, 1.807) is 0 Å². The van der Waals surface area contributed by atoms with Crippen molar-refractivity contribution in [3.8, 4) is 0 Å². The van der Waals surface area contributed by atoms with E-state index in [4.69, 9.17) is 0 Å². The number of halogens is 2. The van der Waals surface area contributed by atoms with Gasteiger partial charge in [-0.05, 0) is 16.4 Å². The van der Waals surface area contributed by atoms with Crippen LogP contribution in [0.1, 0.15) is 86.4 Å². The average Bonchev–Trinajstić information content (AvgIpc) is 3.87. The van der Waals surface area contributed by atoms with E-state index in [2.05, 4.69) is 248 Å². The fourth-order valence-corrected chi connectivity index (χ4v) is 8.34. The van der Waals surface area contributed by atoms with Crippen molar-refractivity contribution >= 4 is 35.9 Å². The molecular weight excluding hydrogens is 847 g/mol. The molecule has 8 aromatic rings. The molecule has 0 saturated carbocycles. The molecule has 0 aromatic heterocycles. The molecule has 1 atom stereocenters. The summed E-state index contributed by atoms with van der Waals surface area (Å²) >= 11 is 1.46. The van der Waals surface area contributed by atoms with Gasteiger partial charge in [0.2, 0.25) is 0 Å². The molecule has 0 radical (unpaired) electrons. The van der Waals surface area contributed by atoms with Crippen molar-refractivity contribution in [2.45, 2.75) is 58.3 Å². The monoisotopic (exact) mass is 896 g/mol. The molecule has 0 fully saturated rings. The Morgan fingerprint density at radius 1 is 0.483 bits per heavy atom. The van der Waals surface area contributed by atoms with Gasteiger partial charge in [-0.3, -0.25) is 6.08 Å². The van der Waals surface area contributed by atoms with Crippen LogP contribution < -0.4 is 24.8 Å². The predicted molar refractivity (Wildman–Crippen MR) is 247 cm³/mol. The first-order valence-electron chi connectivity index (χ1n) is 20.3. The van der Waals surface area contributed by atoms with Crippen LogP contribution in [0.15, 0.2) is 200 Å². The van der Waals surface area contributed by atoms with Crippen LogP contribution in [0.3, 0.4) is 0 Å². The predicted octanol–water partition coefficient (Wildman–Crippen LogP) is 8.87. The van der Waals surface area contributed by atoms with Crippen LogP contribution in [-0.2, 0) is 35.1 Å². The normalized spacial score (nSPS) is 13.4. The van der Waals surface area contributed by atoms with Crippen LogP contribution in [0.5, 0.6) is 0 Å². The third kappa shape index (κ3) is 11.1. The number of benzene rings is 7. The zero-order valence-electron chi connectivity index (χ0n) is 35.4. The van der Waals surface area contributed by atoms with E-state index in [1.165, 1.54) is 99.1 Å². The first-order chi connectivity index (χ1) is 28.0. The molecule has 1 unspecified atom stereocenters. The van der Waals surface area contributed by atoms with Gasteiger partial charge in [0.25, 0.3) is 0 Å². The van der Waals surface area contributed by atoms with Gasteiger partial charge in [-0.25, -0.2) is 6.08 Å². The zero-order valence-corrected chi connectivity index (χ0v) is 39.4. The Morgan fingerprint density at radius 2 is 0.867 bits per heavy atom. The third-order valence-electron chi connectivity index (χ3n) is 10.8.